The van der Waals surface area contributed by atoms with Gasteiger partial charge in [0.2, 0.25) is 0 Å². The molecule has 19 heavy (non-hydrogen) atoms. The maximum Gasteiger partial charge on any atom is 0.0813 e. The Labute approximate surface area is 119 Å². The van der Waals surface area contributed by atoms with Crippen molar-refractivity contribution in [1.82, 2.24) is 0 Å². The van der Waals surface area contributed by atoms with Crippen LogP contribution in [0.5, 0.6) is 0 Å². The second-order valence-corrected chi connectivity index (χ2v) is 6.65. The standard InChI is InChI=1S/C16H20FNS/c1-12-5-3-8-18(12)14-9-13(10-15(11-14)19-17)16(2)6-4-7-16/h9-11H,1,3-8H2,2H3. The molecule has 1 aromatic carbocycles. The molecule has 3 rings (SSSR count). The molecular formula is C16H20FNS. The minimum Gasteiger partial charge on any atom is -0.346 e. The largest absolute Gasteiger partial charge is 0.346 e. The highest BCUT2D eigenvalue weighted by molar-refractivity contribution is 7.94. The number of rotatable bonds is 3. The summed E-state index contributed by atoms with van der Waals surface area (Å²) in [6.07, 6.45) is 5.93. The lowest BCUT2D eigenvalue weighted by molar-refractivity contribution is 0.271. The Balaban J connectivity index is 1.99. The zero-order valence-electron chi connectivity index (χ0n) is 11.4. The van der Waals surface area contributed by atoms with Crippen molar-refractivity contribution in [3.63, 3.8) is 0 Å². The fraction of sp³-hybridized carbons (Fsp3) is 0.500. The van der Waals surface area contributed by atoms with Crippen molar-refractivity contribution in [3.8, 4) is 0 Å². The first-order valence-corrected chi connectivity index (χ1v) is 7.73. The zero-order valence-corrected chi connectivity index (χ0v) is 12.2. The van der Waals surface area contributed by atoms with E-state index in [-0.39, 0.29) is 5.41 Å². The van der Waals surface area contributed by atoms with Crippen LogP contribution in [0.4, 0.5) is 9.57 Å². The van der Waals surface area contributed by atoms with Gasteiger partial charge in [0, 0.05) is 22.8 Å². The summed E-state index contributed by atoms with van der Waals surface area (Å²) in [6.45, 7) is 7.42. The summed E-state index contributed by atoms with van der Waals surface area (Å²) < 4.78 is 13.1. The van der Waals surface area contributed by atoms with Gasteiger partial charge < -0.3 is 4.90 Å². The fourth-order valence-corrected chi connectivity index (χ4v) is 3.51. The molecule has 1 aliphatic carbocycles. The number of anilines is 1. The van der Waals surface area contributed by atoms with E-state index < -0.39 is 0 Å². The smallest absolute Gasteiger partial charge is 0.0813 e. The van der Waals surface area contributed by atoms with E-state index in [9.17, 15) is 3.89 Å². The van der Waals surface area contributed by atoms with E-state index in [0.29, 0.717) is 12.1 Å². The lowest BCUT2D eigenvalue weighted by Gasteiger charge is -2.39. The second-order valence-electron chi connectivity index (χ2n) is 6.03. The van der Waals surface area contributed by atoms with Gasteiger partial charge in [-0.2, -0.15) is 3.89 Å². The third-order valence-electron chi connectivity index (χ3n) is 4.67. The minimum absolute atomic E-state index is 0.252. The average molecular weight is 277 g/mol. The lowest BCUT2D eigenvalue weighted by Crippen LogP contribution is -2.30. The molecule has 102 valence electrons. The molecule has 0 amide bonds. The molecule has 1 saturated heterocycles. The Kier molecular flexibility index (Phi) is 3.34. The van der Waals surface area contributed by atoms with E-state index in [1.807, 2.05) is 12.1 Å². The normalized spacial score (nSPS) is 21.6. The third kappa shape index (κ3) is 2.29. The molecule has 0 spiro atoms. The zero-order chi connectivity index (χ0) is 13.5. The van der Waals surface area contributed by atoms with Gasteiger partial charge >= 0.3 is 0 Å². The van der Waals surface area contributed by atoms with E-state index in [1.54, 1.807) is 0 Å². The van der Waals surface area contributed by atoms with Gasteiger partial charge in [-0.25, -0.2) is 0 Å². The molecule has 0 atom stereocenters. The van der Waals surface area contributed by atoms with Crippen LogP contribution in [0.3, 0.4) is 0 Å². The molecule has 1 aromatic rings. The molecule has 0 bridgehead atoms. The summed E-state index contributed by atoms with van der Waals surface area (Å²) in [5.74, 6) is 0. The molecule has 3 heteroatoms. The number of halogens is 1. The van der Waals surface area contributed by atoms with Gasteiger partial charge in [-0.15, -0.1) is 0 Å². The van der Waals surface area contributed by atoms with E-state index >= 15 is 0 Å². The topological polar surface area (TPSA) is 3.24 Å². The first kappa shape index (κ1) is 13.0. The highest BCUT2D eigenvalue weighted by atomic mass is 32.2. The van der Waals surface area contributed by atoms with Crippen LogP contribution in [0, 0.1) is 0 Å². The van der Waals surface area contributed by atoms with Crippen molar-refractivity contribution in [2.75, 3.05) is 11.4 Å². The second kappa shape index (κ2) is 4.86. The summed E-state index contributed by atoms with van der Waals surface area (Å²) in [6, 6.07) is 6.22. The van der Waals surface area contributed by atoms with Crippen LogP contribution in [-0.2, 0) is 5.41 Å². The van der Waals surface area contributed by atoms with Crippen LogP contribution in [0.2, 0.25) is 0 Å². The number of hydrogen-bond donors (Lipinski definition) is 0. The molecule has 1 aliphatic heterocycles. The van der Waals surface area contributed by atoms with Gasteiger partial charge in [0.05, 0.1) is 12.1 Å². The molecule has 0 aromatic heterocycles. The quantitative estimate of drug-likeness (QED) is 0.745. The molecule has 0 N–H and O–H groups in total. The fourth-order valence-electron chi connectivity index (χ4n) is 3.17. The first-order chi connectivity index (χ1) is 9.12. The molecule has 1 heterocycles. The number of benzene rings is 1. The summed E-state index contributed by atoms with van der Waals surface area (Å²) in [7, 11) is 0. The Hall–Kier alpha value is -0.960. The van der Waals surface area contributed by atoms with Gasteiger partial charge in [0.15, 0.2) is 0 Å². The molecule has 1 nitrogen and oxygen atoms in total. The van der Waals surface area contributed by atoms with Crippen LogP contribution >= 0.6 is 12.1 Å². The van der Waals surface area contributed by atoms with Crippen molar-refractivity contribution >= 4 is 17.8 Å². The van der Waals surface area contributed by atoms with E-state index in [1.165, 1.54) is 24.8 Å². The van der Waals surface area contributed by atoms with E-state index in [2.05, 4.69) is 24.5 Å². The van der Waals surface area contributed by atoms with Gasteiger partial charge in [-0.05, 0) is 54.9 Å². The summed E-state index contributed by atoms with van der Waals surface area (Å²) in [5, 5.41) is 0. The van der Waals surface area contributed by atoms with Crippen molar-refractivity contribution in [2.45, 2.75) is 49.3 Å². The number of hydrogen-bond acceptors (Lipinski definition) is 2. The van der Waals surface area contributed by atoms with Gasteiger partial charge in [0.1, 0.15) is 0 Å². The average Bonchev–Trinajstić information content (AvgIpc) is 2.81. The minimum atomic E-state index is 0.252. The van der Waals surface area contributed by atoms with Crippen molar-refractivity contribution in [3.05, 3.63) is 36.0 Å². The van der Waals surface area contributed by atoms with Gasteiger partial charge in [-0.3, -0.25) is 0 Å². The molecule has 0 unspecified atom stereocenters. The van der Waals surface area contributed by atoms with Gasteiger partial charge in [0.25, 0.3) is 0 Å². The van der Waals surface area contributed by atoms with E-state index in [0.717, 1.165) is 35.7 Å². The van der Waals surface area contributed by atoms with Crippen LogP contribution < -0.4 is 4.90 Å². The van der Waals surface area contributed by atoms with Crippen molar-refractivity contribution < 1.29 is 3.89 Å². The molecule has 0 radical (unpaired) electrons. The highest BCUT2D eigenvalue weighted by Crippen LogP contribution is 2.45. The molecule has 2 aliphatic rings. The Morgan fingerprint density at radius 1 is 1.26 bits per heavy atom. The maximum atomic E-state index is 13.1. The van der Waals surface area contributed by atoms with Crippen LogP contribution in [0.15, 0.2) is 35.4 Å². The van der Waals surface area contributed by atoms with Crippen LogP contribution in [-0.4, -0.2) is 6.54 Å². The van der Waals surface area contributed by atoms with Crippen molar-refractivity contribution in [2.24, 2.45) is 0 Å². The molecule has 1 saturated carbocycles. The first-order valence-electron chi connectivity index (χ1n) is 7.02. The monoisotopic (exact) mass is 277 g/mol. The summed E-state index contributed by atoms with van der Waals surface area (Å²) in [4.78, 5) is 2.96. The van der Waals surface area contributed by atoms with Crippen LogP contribution in [0.1, 0.15) is 44.6 Å². The lowest BCUT2D eigenvalue weighted by atomic mass is 9.66. The Bertz CT molecular complexity index is 507. The summed E-state index contributed by atoms with van der Waals surface area (Å²) >= 11 is 0.352. The van der Waals surface area contributed by atoms with Crippen molar-refractivity contribution in [1.29, 1.82) is 0 Å². The Morgan fingerprint density at radius 3 is 2.58 bits per heavy atom. The predicted molar refractivity (Wildman–Crippen MR) is 80.3 cm³/mol. The predicted octanol–water partition coefficient (Wildman–Crippen LogP) is 5.22. The maximum absolute atomic E-state index is 13.1. The SMILES string of the molecule is C=C1CCCN1c1cc(SF)cc(C2(C)CCC2)c1. The third-order valence-corrected chi connectivity index (χ3v) is 5.09. The van der Waals surface area contributed by atoms with Gasteiger partial charge in [-0.1, -0.05) is 19.9 Å². The number of allylic oxidation sites excluding steroid dienone is 1. The molecular weight excluding hydrogens is 257 g/mol. The summed E-state index contributed by atoms with van der Waals surface area (Å²) in [5.41, 5.74) is 3.82. The highest BCUT2D eigenvalue weighted by Gasteiger charge is 2.34. The molecule has 2 fully saturated rings. The van der Waals surface area contributed by atoms with E-state index in [4.69, 9.17) is 0 Å². The Morgan fingerprint density at radius 2 is 2.05 bits per heavy atom. The van der Waals surface area contributed by atoms with Crippen LogP contribution in [0.25, 0.3) is 0 Å². The number of nitrogens with zero attached hydrogens (tertiary/aromatic N) is 1.